The summed E-state index contributed by atoms with van der Waals surface area (Å²) in [4.78, 5) is 11.4. The summed E-state index contributed by atoms with van der Waals surface area (Å²) in [5, 5.41) is 18.7. The summed E-state index contributed by atoms with van der Waals surface area (Å²) in [7, 11) is 1.56. The van der Waals surface area contributed by atoms with E-state index in [1.807, 2.05) is 12.1 Å². The van der Waals surface area contributed by atoms with E-state index < -0.39 is 5.97 Å². The van der Waals surface area contributed by atoms with Gasteiger partial charge in [-0.25, -0.2) is 9.07 Å². The van der Waals surface area contributed by atoms with Crippen LogP contribution < -0.4 is 4.74 Å². The van der Waals surface area contributed by atoms with Crippen molar-refractivity contribution in [2.45, 2.75) is 61.4 Å². The zero-order valence-electron chi connectivity index (χ0n) is 19.1. The Morgan fingerprint density at radius 1 is 1.21 bits per heavy atom. The minimum absolute atomic E-state index is 0.0242. The van der Waals surface area contributed by atoms with E-state index >= 15 is 0 Å². The van der Waals surface area contributed by atoms with Crippen LogP contribution in [0.5, 0.6) is 5.75 Å². The molecule has 2 saturated carbocycles. The van der Waals surface area contributed by atoms with Crippen LogP contribution in [0.25, 0.3) is 5.69 Å². The molecule has 2 aliphatic carbocycles. The quantitative estimate of drug-likeness (QED) is 0.390. The number of benzene rings is 2. The molecule has 1 unspecified atom stereocenters. The van der Waals surface area contributed by atoms with Crippen molar-refractivity contribution in [3.05, 3.63) is 70.8 Å². The lowest BCUT2D eigenvalue weighted by atomic mass is 10.0. The van der Waals surface area contributed by atoms with Gasteiger partial charge in [-0.2, -0.15) is 0 Å². The molecular formula is C26H28FN3O3S. The third kappa shape index (κ3) is 5.27. The molecule has 2 aromatic carbocycles. The molecule has 34 heavy (non-hydrogen) atoms. The number of hydrogen-bond acceptors (Lipinski definition) is 5. The number of carboxylic acid groups (broad SMARTS) is 1. The van der Waals surface area contributed by atoms with Crippen LogP contribution in [0.4, 0.5) is 4.39 Å². The highest BCUT2D eigenvalue weighted by molar-refractivity contribution is 8.00. The van der Waals surface area contributed by atoms with Gasteiger partial charge >= 0.3 is 5.97 Å². The summed E-state index contributed by atoms with van der Waals surface area (Å²) in [5.74, 6) is -0.202. The number of hydrogen-bond donors (Lipinski definition) is 1. The number of methoxy groups -OCH3 is 1. The molecule has 0 radical (unpaired) electrons. The Morgan fingerprint density at radius 3 is 2.74 bits per heavy atom. The van der Waals surface area contributed by atoms with Crippen molar-refractivity contribution in [1.82, 2.24) is 15.0 Å². The van der Waals surface area contributed by atoms with Crippen LogP contribution in [-0.2, 0) is 17.6 Å². The molecule has 2 fully saturated rings. The SMILES string of the molecule is COc1ccc(F)c(-n2nnc(CCc3cccc(C(CC(=O)O)SC4CC4)c3)c2C2CC2)c1. The lowest BCUT2D eigenvalue weighted by Crippen LogP contribution is -2.06. The molecule has 2 aliphatic rings. The first-order valence-electron chi connectivity index (χ1n) is 11.8. The predicted molar refractivity (Wildman–Crippen MR) is 129 cm³/mol. The van der Waals surface area contributed by atoms with Gasteiger partial charge in [-0.3, -0.25) is 4.79 Å². The monoisotopic (exact) mass is 481 g/mol. The third-order valence-electron chi connectivity index (χ3n) is 6.34. The molecule has 5 rings (SSSR count). The summed E-state index contributed by atoms with van der Waals surface area (Å²) in [5.41, 5.74) is 4.45. The average Bonchev–Trinajstić information content (AvgIpc) is 3.77. The Bertz CT molecular complexity index is 1190. The van der Waals surface area contributed by atoms with Crippen LogP contribution in [0, 0.1) is 5.82 Å². The Morgan fingerprint density at radius 2 is 2.03 bits per heavy atom. The molecule has 1 atom stereocenters. The number of carbonyl (C=O) groups is 1. The van der Waals surface area contributed by atoms with Crippen LogP contribution >= 0.6 is 11.8 Å². The number of aryl methyl sites for hydroxylation is 2. The molecule has 1 N–H and O–H groups in total. The molecule has 1 heterocycles. The van der Waals surface area contributed by atoms with E-state index in [0.29, 0.717) is 29.0 Å². The highest BCUT2D eigenvalue weighted by Gasteiger charge is 2.32. The number of carboxylic acids is 1. The Hall–Kier alpha value is -2.87. The summed E-state index contributed by atoms with van der Waals surface area (Å²) < 4.78 is 21.5. The molecule has 0 amide bonds. The van der Waals surface area contributed by atoms with Crippen LogP contribution in [0.15, 0.2) is 42.5 Å². The number of halogens is 1. The van der Waals surface area contributed by atoms with E-state index in [2.05, 4.69) is 22.4 Å². The summed E-state index contributed by atoms with van der Waals surface area (Å²) in [6, 6.07) is 12.9. The number of aliphatic carboxylic acids is 1. The average molecular weight is 482 g/mol. The van der Waals surface area contributed by atoms with Crippen molar-refractivity contribution in [2.75, 3.05) is 7.11 Å². The molecule has 8 heteroatoms. The lowest BCUT2D eigenvalue weighted by Gasteiger charge is -2.16. The maximum atomic E-state index is 14.6. The van der Waals surface area contributed by atoms with Gasteiger partial charge in [-0.05, 0) is 61.8 Å². The molecule has 0 aliphatic heterocycles. The second kappa shape index (κ2) is 9.78. The topological polar surface area (TPSA) is 77.2 Å². The number of nitrogens with zero attached hydrogens (tertiary/aromatic N) is 3. The van der Waals surface area contributed by atoms with Crippen LogP contribution in [0.1, 0.15) is 65.8 Å². The molecule has 3 aromatic rings. The fourth-order valence-corrected chi connectivity index (χ4v) is 5.69. The van der Waals surface area contributed by atoms with Gasteiger partial charge < -0.3 is 9.84 Å². The van der Waals surface area contributed by atoms with Gasteiger partial charge in [-0.15, -0.1) is 16.9 Å². The van der Waals surface area contributed by atoms with Gasteiger partial charge in [0.25, 0.3) is 0 Å². The second-order valence-corrected chi connectivity index (χ2v) is 10.6. The smallest absolute Gasteiger partial charge is 0.304 e. The predicted octanol–water partition coefficient (Wildman–Crippen LogP) is 5.49. The summed E-state index contributed by atoms with van der Waals surface area (Å²) in [6.07, 6.45) is 6.05. The Labute approximate surface area is 202 Å². The van der Waals surface area contributed by atoms with Gasteiger partial charge in [-0.1, -0.05) is 29.5 Å². The van der Waals surface area contributed by atoms with Crippen molar-refractivity contribution in [3.63, 3.8) is 0 Å². The first-order chi connectivity index (χ1) is 16.5. The van der Waals surface area contributed by atoms with E-state index in [4.69, 9.17) is 4.74 Å². The first kappa shape index (κ1) is 22.9. The maximum absolute atomic E-state index is 14.6. The fourth-order valence-electron chi connectivity index (χ4n) is 4.27. The lowest BCUT2D eigenvalue weighted by molar-refractivity contribution is -0.137. The first-order valence-corrected chi connectivity index (χ1v) is 12.7. The van der Waals surface area contributed by atoms with Crippen LogP contribution in [0.2, 0.25) is 0 Å². The van der Waals surface area contributed by atoms with Crippen LogP contribution in [-0.4, -0.2) is 38.4 Å². The van der Waals surface area contributed by atoms with Crippen molar-refractivity contribution < 1.29 is 19.0 Å². The van der Waals surface area contributed by atoms with Crippen molar-refractivity contribution in [2.24, 2.45) is 0 Å². The molecule has 0 spiro atoms. The Kier molecular flexibility index (Phi) is 6.59. The number of thioether (sulfide) groups is 1. The number of rotatable bonds is 11. The van der Waals surface area contributed by atoms with E-state index in [0.717, 1.165) is 41.8 Å². The van der Waals surface area contributed by atoms with E-state index in [9.17, 15) is 14.3 Å². The van der Waals surface area contributed by atoms with Crippen molar-refractivity contribution >= 4 is 17.7 Å². The fraction of sp³-hybridized carbons (Fsp3) is 0.423. The number of ether oxygens (including phenoxy) is 1. The zero-order chi connectivity index (χ0) is 23.7. The van der Waals surface area contributed by atoms with Gasteiger partial charge in [0, 0.05) is 22.5 Å². The Balaban J connectivity index is 1.36. The highest BCUT2D eigenvalue weighted by Crippen LogP contribution is 2.45. The molecular weight excluding hydrogens is 453 g/mol. The highest BCUT2D eigenvalue weighted by atomic mass is 32.2. The normalized spacial score (nSPS) is 16.4. The molecule has 178 valence electrons. The zero-order valence-corrected chi connectivity index (χ0v) is 19.9. The van der Waals surface area contributed by atoms with Gasteiger partial charge in [0.1, 0.15) is 17.3 Å². The number of aromatic nitrogens is 3. The third-order valence-corrected chi connectivity index (χ3v) is 7.96. The summed E-state index contributed by atoms with van der Waals surface area (Å²) in [6.45, 7) is 0. The minimum Gasteiger partial charge on any atom is -0.497 e. The largest absolute Gasteiger partial charge is 0.497 e. The second-order valence-electron chi connectivity index (χ2n) is 9.09. The van der Waals surface area contributed by atoms with Crippen molar-refractivity contribution in [3.8, 4) is 11.4 Å². The van der Waals surface area contributed by atoms with Crippen molar-refractivity contribution in [1.29, 1.82) is 0 Å². The van der Waals surface area contributed by atoms with Gasteiger partial charge in [0.2, 0.25) is 0 Å². The van der Waals surface area contributed by atoms with E-state index in [-0.39, 0.29) is 17.5 Å². The van der Waals surface area contributed by atoms with Gasteiger partial charge in [0.05, 0.1) is 24.9 Å². The molecule has 6 nitrogen and oxygen atoms in total. The van der Waals surface area contributed by atoms with Gasteiger partial charge in [0.15, 0.2) is 0 Å². The van der Waals surface area contributed by atoms with Crippen LogP contribution in [0.3, 0.4) is 0 Å². The maximum Gasteiger partial charge on any atom is 0.304 e. The summed E-state index contributed by atoms with van der Waals surface area (Å²) >= 11 is 1.78. The molecule has 0 saturated heterocycles. The standard InChI is InChI=1S/C26H28FN3O3S/c1-33-19-8-11-21(27)23(14-19)30-26(17-6-7-17)22(28-29-30)12-5-16-3-2-4-18(13-16)24(15-25(31)32)34-20-9-10-20/h2-4,8,11,13-14,17,20,24H,5-7,9-10,12,15H2,1H3,(H,31,32). The minimum atomic E-state index is -0.765. The van der Waals surface area contributed by atoms with E-state index in [1.54, 1.807) is 35.7 Å². The van der Waals surface area contributed by atoms with E-state index in [1.165, 1.54) is 18.9 Å². The molecule has 1 aromatic heterocycles. The molecule has 0 bridgehead atoms.